The van der Waals surface area contributed by atoms with Crippen LogP contribution in [0.4, 0.5) is 5.00 Å². The lowest BCUT2D eigenvalue weighted by atomic mass is 9.95. The lowest BCUT2D eigenvalue weighted by Crippen LogP contribution is -2.27. The van der Waals surface area contributed by atoms with Crippen LogP contribution < -0.4 is 10.6 Å². The summed E-state index contributed by atoms with van der Waals surface area (Å²) in [7, 11) is 3.51. The van der Waals surface area contributed by atoms with Gasteiger partial charge >= 0.3 is 0 Å². The molecule has 2 heterocycles. The molecule has 2 aromatic rings. The zero-order chi connectivity index (χ0) is 19.9. The number of rotatable bonds is 9. The molecule has 0 saturated heterocycles. The molecule has 1 aliphatic carbocycles. The topological polar surface area (TPSA) is 85.2 Å². The summed E-state index contributed by atoms with van der Waals surface area (Å²) in [5.74, 6) is -0.172. The second-order valence-electron chi connectivity index (χ2n) is 7.09. The Balaban J connectivity index is 1.67. The van der Waals surface area contributed by atoms with Gasteiger partial charge in [-0.3, -0.25) is 14.3 Å². The molecule has 0 fully saturated rings. The molecule has 3 rings (SSSR count). The van der Waals surface area contributed by atoms with Gasteiger partial charge in [0.2, 0.25) is 5.91 Å². The van der Waals surface area contributed by atoms with Gasteiger partial charge in [-0.1, -0.05) is 0 Å². The Morgan fingerprint density at radius 2 is 2.14 bits per heavy atom. The minimum absolute atomic E-state index is 0.0733. The van der Waals surface area contributed by atoms with E-state index < -0.39 is 0 Å². The molecule has 0 saturated carbocycles. The van der Waals surface area contributed by atoms with E-state index >= 15 is 0 Å². The number of fused-ring (bicyclic) bond motifs is 1. The van der Waals surface area contributed by atoms with Gasteiger partial charge in [0.1, 0.15) is 5.00 Å². The van der Waals surface area contributed by atoms with Gasteiger partial charge in [0.15, 0.2) is 0 Å². The van der Waals surface area contributed by atoms with Crippen LogP contribution in [0.15, 0.2) is 12.4 Å². The van der Waals surface area contributed by atoms with E-state index in [1.807, 2.05) is 13.2 Å². The van der Waals surface area contributed by atoms with Crippen LogP contribution in [0.25, 0.3) is 0 Å². The molecule has 2 N–H and O–H groups in total. The van der Waals surface area contributed by atoms with Crippen molar-refractivity contribution >= 4 is 28.2 Å². The molecule has 8 heteroatoms. The molecule has 2 aromatic heterocycles. The van der Waals surface area contributed by atoms with Crippen molar-refractivity contribution in [1.29, 1.82) is 0 Å². The van der Waals surface area contributed by atoms with E-state index in [9.17, 15) is 9.59 Å². The highest BCUT2D eigenvalue weighted by Crippen LogP contribution is 2.38. The molecule has 0 spiro atoms. The molecule has 0 aliphatic heterocycles. The number of nitrogens with zero attached hydrogens (tertiary/aromatic N) is 2. The smallest absolute Gasteiger partial charge is 0.254 e. The van der Waals surface area contributed by atoms with Gasteiger partial charge in [0.25, 0.3) is 5.91 Å². The summed E-state index contributed by atoms with van der Waals surface area (Å²) in [5, 5.41) is 10.8. The lowest BCUT2D eigenvalue weighted by Gasteiger charge is -2.13. The molecule has 0 unspecified atom stereocenters. The second kappa shape index (κ2) is 9.84. The van der Waals surface area contributed by atoms with Gasteiger partial charge in [0.05, 0.1) is 11.8 Å². The average Bonchev–Trinajstić information content (AvgIpc) is 3.26. The fraction of sp³-hybridized carbons (Fsp3) is 0.550. The van der Waals surface area contributed by atoms with E-state index in [1.165, 1.54) is 4.88 Å². The number of ether oxygens (including phenoxy) is 1. The number of carbonyl (C=O) groups is 2. The van der Waals surface area contributed by atoms with Gasteiger partial charge in [-0.05, 0) is 49.7 Å². The number of hydrogen-bond acceptors (Lipinski definition) is 5. The van der Waals surface area contributed by atoms with E-state index in [0.29, 0.717) is 36.6 Å². The van der Waals surface area contributed by atoms with Crippen molar-refractivity contribution in [1.82, 2.24) is 15.1 Å². The number of hydrogen-bond donors (Lipinski definition) is 2. The fourth-order valence-electron chi connectivity index (χ4n) is 3.45. The van der Waals surface area contributed by atoms with Crippen molar-refractivity contribution in [2.45, 2.75) is 44.9 Å². The molecule has 2 amide bonds. The van der Waals surface area contributed by atoms with Crippen LogP contribution in [0, 0.1) is 0 Å². The molecular formula is C20H28N4O3S. The number of methoxy groups -OCH3 is 1. The third-order valence-corrected chi connectivity index (χ3v) is 6.07. The molecule has 28 heavy (non-hydrogen) atoms. The number of anilines is 1. The highest BCUT2D eigenvalue weighted by Gasteiger charge is 2.26. The summed E-state index contributed by atoms with van der Waals surface area (Å²) in [6.45, 7) is 1.17. The van der Waals surface area contributed by atoms with Gasteiger partial charge in [-0.15, -0.1) is 11.3 Å². The third-order valence-electron chi connectivity index (χ3n) is 4.86. The van der Waals surface area contributed by atoms with Gasteiger partial charge in [-0.25, -0.2) is 0 Å². The predicted molar refractivity (Wildman–Crippen MR) is 110 cm³/mol. The summed E-state index contributed by atoms with van der Waals surface area (Å²) >= 11 is 1.55. The molecule has 0 radical (unpaired) electrons. The van der Waals surface area contributed by atoms with Crippen LogP contribution in [0.1, 0.15) is 52.0 Å². The molecule has 1 aliphatic rings. The molecule has 0 bridgehead atoms. The first-order valence-electron chi connectivity index (χ1n) is 9.77. The van der Waals surface area contributed by atoms with Crippen LogP contribution in [0.2, 0.25) is 0 Å². The Morgan fingerprint density at radius 3 is 2.89 bits per heavy atom. The van der Waals surface area contributed by atoms with E-state index in [0.717, 1.165) is 43.2 Å². The Morgan fingerprint density at radius 1 is 1.32 bits per heavy atom. The molecule has 0 aromatic carbocycles. The van der Waals surface area contributed by atoms with E-state index in [1.54, 1.807) is 29.3 Å². The summed E-state index contributed by atoms with van der Waals surface area (Å²) in [4.78, 5) is 26.5. The Kier molecular flexibility index (Phi) is 7.22. The normalized spacial score (nSPS) is 13.2. The van der Waals surface area contributed by atoms with Crippen molar-refractivity contribution in [2.24, 2.45) is 7.05 Å². The monoisotopic (exact) mass is 404 g/mol. The first-order valence-corrected chi connectivity index (χ1v) is 10.6. The van der Waals surface area contributed by atoms with Crippen molar-refractivity contribution < 1.29 is 14.3 Å². The van der Waals surface area contributed by atoms with Crippen molar-refractivity contribution in [2.75, 3.05) is 25.6 Å². The largest absolute Gasteiger partial charge is 0.385 e. The zero-order valence-corrected chi connectivity index (χ0v) is 17.4. The van der Waals surface area contributed by atoms with Gasteiger partial charge in [-0.2, -0.15) is 5.10 Å². The quantitative estimate of drug-likeness (QED) is 0.629. The standard InChI is InChI=1S/C20H28N4O3S/c1-24-13-14(12-22-24)8-9-17(25)23-20-18(19(26)21-10-5-11-27-2)15-6-3-4-7-16(15)28-20/h12-13H,3-11H2,1-2H3,(H,21,26)(H,23,25). The van der Waals surface area contributed by atoms with Crippen LogP contribution in [-0.2, 0) is 35.8 Å². The SMILES string of the molecule is COCCCNC(=O)c1c(NC(=O)CCc2cnn(C)c2)sc2c1CCCC2. The van der Waals surface area contributed by atoms with E-state index in [2.05, 4.69) is 15.7 Å². The van der Waals surface area contributed by atoms with Crippen LogP contribution >= 0.6 is 11.3 Å². The Hall–Kier alpha value is -2.19. The first-order chi connectivity index (χ1) is 13.6. The average molecular weight is 405 g/mol. The zero-order valence-electron chi connectivity index (χ0n) is 16.5. The third kappa shape index (κ3) is 5.20. The number of nitrogens with one attached hydrogen (secondary N) is 2. The Labute approximate surface area is 169 Å². The lowest BCUT2D eigenvalue weighted by molar-refractivity contribution is -0.116. The predicted octanol–water partition coefficient (Wildman–Crippen LogP) is 2.70. The van der Waals surface area contributed by atoms with Crippen molar-refractivity contribution in [3.8, 4) is 0 Å². The number of aromatic nitrogens is 2. The van der Waals surface area contributed by atoms with Crippen LogP contribution in [0.5, 0.6) is 0 Å². The summed E-state index contributed by atoms with van der Waals surface area (Å²) < 4.78 is 6.76. The fourth-order valence-corrected chi connectivity index (χ4v) is 4.75. The summed E-state index contributed by atoms with van der Waals surface area (Å²) in [6, 6.07) is 0. The molecule has 152 valence electrons. The minimum Gasteiger partial charge on any atom is -0.385 e. The number of aryl methyl sites for hydroxylation is 3. The van der Waals surface area contributed by atoms with E-state index in [4.69, 9.17) is 4.74 Å². The maximum Gasteiger partial charge on any atom is 0.254 e. The number of thiophene rings is 1. The van der Waals surface area contributed by atoms with Crippen LogP contribution in [-0.4, -0.2) is 41.9 Å². The molecule has 7 nitrogen and oxygen atoms in total. The van der Waals surface area contributed by atoms with Gasteiger partial charge < -0.3 is 15.4 Å². The molecule has 0 atom stereocenters. The number of amides is 2. The molecular weight excluding hydrogens is 376 g/mol. The van der Waals surface area contributed by atoms with Crippen LogP contribution in [0.3, 0.4) is 0 Å². The van der Waals surface area contributed by atoms with E-state index in [-0.39, 0.29) is 11.8 Å². The van der Waals surface area contributed by atoms with Crippen molar-refractivity contribution in [3.63, 3.8) is 0 Å². The second-order valence-corrected chi connectivity index (χ2v) is 8.19. The summed E-state index contributed by atoms with van der Waals surface area (Å²) in [5.41, 5.74) is 2.80. The maximum absolute atomic E-state index is 12.8. The van der Waals surface area contributed by atoms with Gasteiger partial charge in [0, 0.05) is 44.8 Å². The number of carbonyl (C=O) groups excluding carboxylic acids is 2. The summed E-state index contributed by atoms with van der Waals surface area (Å²) in [6.07, 6.45) is 9.55. The highest BCUT2D eigenvalue weighted by atomic mass is 32.1. The maximum atomic E-state index is 12.8. The minimum atomic E-state index is -0.0990. The Bertz CT molecular complexity index is 828. The first kappa shape index (κ1) is 20.5. The highest BCUT2D eigenvalue weighted by molar-refractivity contribution is 7.17. The van der Waals surface area contributed by atoms with Crippen molar-refractivity contribution in [3.05, 3.63) is 34.0 Å².